The third-order valence-corrected chi connectivity index (χ3v) is 5.49. The molecule has 0 amide bonds. The molecule has 0 atom stereocenters. The molecule has 0 saturated carbocycles. The summed E-state index contributed by atoms with van der Waals surface area (Å²) in [7, 11) is 0. The van der Waals surface area contributed by atoms with Gasteiger partial charge in [-0.15, -0.1) is 0 Å². The summed E-state index contributed by atoms with van der Waals surface area (Å²) >= 11 is 0. The quantitative estimate of drug-likeness (QED) is 0.541. The van der Waals surface area contributed by atoms with Crippen LogP contribution in [-0.4, -0.2) is 27.6 Å². The summed E-state index contributed by atoms with van der Waals surface area (Å²) in [6.45, 7) is 2.61. The highest BCUT2D eigenvalue weighted by Gasteiger charge is 2.26. The van der Waals surface area contributed by atoms with Crippen molar-refractivity contribution in [1.29, 1.82) is 0 Å². The minimum absolute atomic E-state index is 0.257. The predicted molar refractivity (Wildman–Crippen MR) is 114 cm³/mol. The molecule has 1 aliphatic heterocycles. The first-order chi connectivity index (χ1) is 14.1. The number of benzene rings is 3. The van der Waals surface area contributed by atoms with Crippen LogP contribution in [0.3, 0.4) is 0 Å². The molecule has 29 heavy (non-hydrogen) atoms. The predicted octanol–water partition coefficient (Wildman–Crippen LogP) is 5.00. The zero-order valence-corrected chi connectivity index (χ0v) is 16.0. The number of nitrogens with zero attached hydrogens (tertiary/aromatic N) is 3. The molecule has 3 aromatic carbocycles. The lowest BCUT2D eigenvalue weighted by atomic mass is 10.1. The van der Waals surface area contributed by atoms with Crippen LogP contribution < -0.4 is 4.90 Å². The monoisotopic (exact) mass is 381 g/mol. The summed E-state index contributed by atoms with van der Waals surface area (Å²) in [4.78, 5) is 23.7. The van der Waals surface area contributed by atoms with Crippen LogP contribution in [0.2, 0.25) is 0 Å². The Hall–Kier alpha value is -3.73. The normalized spacial score (nSPS) is 12.9. The lowest BCUT2D eigenvalue weighted by Crippen LogP contribution is -2.17. The summed E-state index contributed by atoms with van der Waals surface area (Å²) in [6, 6.07) is 21.7. The molecule has 1 aliphatic rings. The second-order valence-corrected chi connectivity index (χ2v) is 7.20. The van der Waals surface area contributed by atoms with Gasteiger partial charge in [-0.05, 0) is 42.7 Å². The van der Waals surface area contributed by atoms with Crippen LogP contribution in [0.15, 0.2) is 66.7 Å². The fourth-order valence-electron chi connectivity index (χ4n) is 4.01. The number of hydrogen-bond acceptors (Lipinski definition) is 4. The SMILES string of the molecule is Cc1c(C(=O)O)ccc2nc(-c3ccccc3)c(N3CCc4ccccc43)nc12. The van der Waals surface area contributed by atoms with Gasteiger partial charge < -0.3 is 10.0 Å². The third kappa shape index (κ3) is 2.83. The van der Waals surface area contributed by atoms with E-state index >= 15 is 0 Å². The molecule has 5 rings (SSSR count). The van der Waals surface area contributed by atoms with E-state index in [0.29, 0.717) is 16.6 Å². The van der Waals surface area contributed by atoms with Gasteiger partial charge in [-0.1, -0.05) is 48.5 Å². The fourth-order valence-corrected chi connectivity index (χ4v) is 4.01. The van der Waals surface area contributed by atoms with Gasteiger partial charge in [0.15, 0.2) is 5.82 Å². The van der Waals surface area contributed by atoms with Crippen molar-refractivity contribution in [2.45, 2.75) is 13.3 Å². The molecule has 4 aromatic rings. The highest BCUT2D eigenvalue weighted by molar-refractivity contribution is 5.97. The Morgan fingerprint density at radius 2 is 1.72 bits per heavy atom. The second-order valence-electron chi connectivity index (χ2n) is 7.20. The van der Waals surface area contributed by atoms with Crippen molar-refractivity contribution in [3.8, 4) is 11.3 Å². The molecule has 0 unspecified atom stereocenters. The number of anilines is 2. The second kappa shape index (κ2) is 6.71. The van der Waals surface area contributed by atoms with E-state index in [1.165, 1.54) is 5.56 Å². The van der Waals surface area contributed by atoms with Crippen molar-refractivity contribution in [1.82, 2.24) is 9.97 Å². The highest BCUT2D eigenvalue weighted by atomic mass is 16.4. The van der Waals surface area contributed by atoms with Gasteiger partial charge in [0.25, 0.3) is 0 Å². The minimum Gasteiger partial charge on any atom is -0.478 e. The molecular formula is C24H19N3O2. The Kier molecular flexibility index (Phi) is 4.02. The number of para-hydroxylation sites is 1. The van der Waals surface area contributed by atoms with Crippen molar-refractivity contribution in [3.63, 3.8) is 0 Å². The van der Waals surface area contributed by atoms with Gasteiger partial charge in [0.2, 0.25) is 0 Å². The topological polar surface area (TPSA) is 66.3 Å². The van der Waals surface area contributed by atoms with E-state index in [9.17, 15) is 9.90 Å². The summed E-state index contributed by atoms with van der Waals surface area (Å²) in [6.07, 6.45) is 0.943. The van der Waals surface area contributed by atoms with Crippen LogP contribution in [0.4, 0.5) is 11.5 Å². The number of carboxylic acid groups (broad SMARTS) is 1. The highest BCUT2D eigenvalue weighted by Crippen LogP contribution is 2.39. The summed E-state index contributed by atoms with van der Waals surface area (Å²) in [5.41, 5.74) is 6.42. The molecule has 0 saturated heterocycles. The third-order valence-electron chi connectivity index (χ3n) is 5.49. The smallest absolute Gasteiger partial charge is 0.336 e. The van der Waals surface area contributed by atoms with Gasteiger partial charge in [-0.25, -0.2) is 14.8 Å². The summed E-state index contributed by atoms with van der Waals surface area (Å²) in [5, 5.41) is 9.51. The molecule has 1 N–H and O–H groups in total. The number of aryl methyl sites for hydroxylation is 1. The molecule has 1 aromatic heterocycles. The Morgan fingerprint density at radius 3 is 2.52 bits per heavy atom. The largest absolute Gasteiger partial charge is 0.478 e. The van der Waals surface area contributed by atoms with Crippen molar-refractivity contribution in [2.24, 2.45) is 0 Å². The van der Waals surface area contributed by atoms with Crippen LogP contribution in [0.5, 0.6) is 0 Å². The van der Waals surface area contributed by atoms with Gasteiger partial charge in [-0.3, -0.25) is 0 Å². The average molecular weight is 381 g/mol. The number of aromatic carboxylic acids is 1. The Labute approximate surface area is 168 Å². The van der Waals surface area contributed by atoms with Gasteiger partial charge in [0.1, 0.15) is 5.69 Å². The maximum atomic E-state index is 11.6. The van der Waals surface area contributed by atoms with Gasteiger partial charge in [0.05, 0.1) is 16.6 Å². The summed E-state index contributed by atoms with van der Waals surface area (Å²) in [5.74, 6) is -0.189. The Balaban J connectivity index is 1.80. The van der Waals surface area contributed by atoms with Gasteiger partial charge >= 0.3 is 5.97 Å². The van der Waals surface area contributed by atoms with Crippen LogP contribution >= 0.6 is 0 Å². The molecule has 0 bridgehead atoms. The van der Waals surface area contributed by atoms with E-state index < -0.39 is 5.97 Å². The summed E-state index contributed by atoms with van der Waals surface area (Å²) < 4.78 is 0. The number of carbonyl (C=O) groups is 1. The minimum atomic E-state index is -0.952. The van der Waals surface area contributed by atoms with Crippen molar-refractivity contribution < 1.29 is 9.90 Å². The van der Waals surface area contributed by atoms with Gasteiger partial charge in [-0.2, -0.15) is 0 Å². The molecule has 2 heterocycles. The number of aromatic nitrogens is 2. The maximum absolute atomic E-state index is 11.6. The van der Waals surface area contributed by atoms with Crippen LogP contribution in [0.25, 0.3) is 22.3 Å². The van der Waals surface area contributed by atoms with E-state index in [-0.39, 0.29) is 5.56 Å². The standard InChI is InChI=1S/C24H19N3O2/c1-15-18(24(28)29)11-12-19-21(15)26-23(22(25-19)17-8-3-2-4-9-17)27-14-13-16-7-5-6-10-20(16)27/h2-12H,13-14H2,1H3,(H,28,29). The maximum Gasteiger partial charge on any atom is 0.336 e. The van der Waals surface area contributed by atoms with Gasteiger partial charge in [0, 0.05) is 17.8 Å². The van der Waals surface area contributed by atoms with Crippen LogP contribution in [-0.2, 0) is 6.42 Å². The molecule has 5 heteroatoms. The number of hydrogen-bond donors (Lipinski definition) is 1. The number of fused-ring (bicyclic) bond motifs is 2. The molecular weight excluding hydrogens is 362 g/mol. The van der Waals surface area contributed by atoms with Crippen molar-refractivity contribution in [3.05, 3.63) is 83.4 Å². The van der Waals surface area contributed by atoms with Crippen molar-refractivity contribution in [2.75, 3.05) is 11.4 Å². The Morgan fingerprint density at radius 1 is 0.966 bits per heavy atom. The molecule has 0 fully saturated rings. The Bertz CT molecular complexity index is 1250. The molecule has 0 aliphatic carbocycles. The average Bonchev–Trinajstić information content (AvgIpc) is 3.18. The number of rotatable bonds is 3. The van der Waals surface area contributed by atoms with E-state index in [1.807, 2.05) is 36.4 Å². The lowest BCUT2D eigenvalue weighted by molar-refractivity contribution is 0.0696. The number of carboxylic acids is 1. The van der Waals surface area contributed by atoms with E-state index in [1.54, 1.807) is 19.1 Å². The van der Waals surface area contributed by atoms with E-state index in [4.69, 9.17) is 9.97 Å². The van der Waals surface area contributed by atoms with Crippen LogP contribution in [0, 0.1) is 6.92 Å². The molecule has 142 valence electrons. The first-order valence-corrected chi connectivity index (χ1v) is 9.59. The lowest BCUT2D eigenvalue weighted by Gasteiger charge is -2.22. The van der Waals surface area contributed by atoms with Crippen molar-refractivity contribution >= 4 is 28.5 Å². The first-order valence-electron chi connectivity index (χ1n) is 9.59. The molecule has 5 nitrogen and oxygen atoms in total. The zero-order valence-electron chi connectivity index (χ0n) is 16.0. The first kappa shape index (κ1) is 17.4. The molecule has 0 spiro atoms. The van der Waals surface area contributed by atoms with E-state index in [0.717, 1.165) is 35.7 Å². The van der Waals surface area contributed by atoms with E-state index in [2.05, 4.69) is 23.1 Å². The molecule has 0 radical (unpaired) electrons. The van der Waals surface area contributed by atoms with Crippen LogP contribution in [0.1, 0.15) is 21.5 Å². The fraction of sp³-hybridized carbons (Fsp3) is 0.125. The zero-order chi connectivity index (χ0) is 20.0.